The Labute approximate surface area is 119 Å². The fraction of sp³-hybridized carbons (Fsp3) is 0.375. The van der Waals surface area contributed by atoms with Crippen molar-refractivity contribution < 1.29 is 9.21 Å². The number of fused-ring (bicyclic) bond motifs is 1. The molecule has 4 nitrogen and oxygen atoms in total. The highest BCUT2D eigenvalue weighted by Gasteiger charge is 2.08. The lowest BCUT2D eigenvalue weighted by Gasteiger charge is -2.18. The monoisotopic (exact) mass is 272 g/mol. The first-order valence-electron chi connectivity index (χ1n) is 7.07. The Balaban J connectivity index is 2.05. The molecule has 0 fully saturated rings. The molecule has 0 saturated heterocycles. The van der Waals surface area contributed by atoms with Crippen molar-refractivity contribution in [3.05, 3.63) is 36.2 Å². The van der Waals surface area contributed by atoms with Gasteiger partial charge >= 0.3 is 0 Å². The third kappa shape index (κ3) is 3.47. The van der Waals surface area contributed by atoms with E-state index in [0.717, 1.165) is 37.0 Å². The van der Waals surface area contributed by atoms with Crippen LogP contribution < -0.4 is 0 Å². The van der Waals surface area contributed by atoms with Gasteiger partial charge in [-0.1, -0.05) is 25.5 Å². The number of unbranched alkanes of at least 4 members (excludes halogenated alkanes) is 1. The van der Waals surface area contributed by atoms with Gasteiger partial charge in [0.15, 0.2) is 5.58 Å². The summed E-state index contributed by atoms with van der Waals surface area (Å²) >= 11 is 0. The number of rotatable bonds is 6. The summed E-state index contributed by atoms with van der Waals surface area (Å²) in [5.41, 5.74) is 1.54. The fourth-order valence-corrected chi connectivity index (χ4v) is 1.98. The number of para-hydroxylation sites is 2. The summed E-state index contributed by atoms with van der Waals surface area (Å²) in [6, 6.07) is 7.56. The average molecular weight is 272 g/mol. The molecule has 0 spiro atoms. The van der Waals surface area contributed by atoms with Crippen LogP contribution in [0.5, 0.6) is 0 Å². The minimum Gasteiger partial charge on any atom is -0.437 e. The Kier molecular flexibility index (Phi) is 4.93. The van der Waals surface area contributed by atoms with Crippen LogP contribution in [0.2, 0.25) is 0 Å². The molecule has 0 unspecified atom stereocenters. The van der Waals surface area contributed by atoms with Crippen molar-refractivity contribution >= 4 is 23.1 Å². The molecule has 0 N–H and O–H groups in total. The van der Waals surface area contributed by atoms with Crippen molar-refractivity contribution in [2.75, 3.05) is 13.1 Å². The first-order chi connectivity index (χ1) is 9.74. The van der Waals surface area contributed by atoms with E-state index in [1.54, 1.807) is 6.08 Å². The van der Waals surface area contributed by atoms with E-state index in [1.165, 1.54) is 6.08 Å². The molecule has 0 aliphatic carbocycles. The third-order valence-corrected chi connectivity index (χ3v) is 3.15. The van der Waals surface area contributed by atoms with Crippen LogP contribution in [-0.2, 0) is 4.79 Å². The first-order valence-corrected chi connectivity index (χ1v) is 7.07. The van der Waals surface area contributed by atoms with Crippen molar-refractivity contribution in [3.8, 4) is 0 Å². The molecule has 2 rings (SSSR count). The molecule has 1 aromatic heterocycles. The smallest absolute Gasteiger partial charge is 0.246 e. The highest BCUT2D eigenvalue weighted by atomic mass is 16.3. The predicted octanol–water partition coefficient (Wildman–Crippen LogP) is 3.49. The van der Waals surface area contributed by atoms with E-state index in [9.17, 15) is 4.79 Å². The first kappa shape index (κ1) is 14.3. The molecule has 106 valence electrons. The Hall–Kier alpha value is -2.10. The van der Waals surface area contributed by atoms with E-state index >= 15 is 0 Å². The number of benzene rings is 1. The van der Waals surface area contributed by atoms with Gasteiger partial charge in [0.2, 0.25) is 11.8 Å². The van der Waals surface area contributed by atoms with E-state index in [4.69, 9.17) is 4.42 Å². The van der Waals surface area contributed by atoms with Gasteiger partial charge in [0.25, 0.3) is 0 Å². The third-order valence-electron chi connectivity index (χ3n) is 3.15. The van der Waals surface area contributed by atoms with Crippen LogP contribution in [-0.4, -0.2) is 28.9 Å². The molecule has 1 heterocycles. The molecule has 4 heteroatoms. The second kappa shape index (κ2) is 6.89. The molecule has 0 saturated carbocycles. The highest BCUT2D eigenvalue weighted by molar-refractivity contribution is 5.91. The summed E-state index contributed by atoms with van der Waals surface area (Å²) in [4.78, 5) is 18.2. The second-order valence-corrected chi connectivity index (χ2v) is 4.62. The maximum atomic E-state index is 12.0. The van der Waals surface area contributed by atoms with Gasteiger partial charge in [-0.2, -0.15) is 0 Å². The zero-order chi connectivity index (χ0) is 14.4. The molecule has 1 amide bonds. The number of nitrogens with zero attached hydrogens (tertiary/aromatic N) is 2. The summed E-state index contributed by atoms with van der Waals surface area (Å²) in [5, 5.41) is 0. The van der Waals surface area contributed by atoms with Gasteiger partial charge in [-0.25, -0.2) is 4.98 Å². The zero-order valence-corrected chi connectivity index (χ0v) is 12.0. The van der Waals surface area contributed by atoms with Gasteiger partial charge in [0, 0.05) is 25.2 Å². The van der Waals surface area contributed by atoms with Crippen molar-refractivity contribution in [1.29, 1.82) is 0 Å². The van der Waals surface area contributed by atoms with Crippen molar-refractivity contribution in [2.45, 2.75) is 26.7 Å². The maximum absolute atomic E-state index is 12.0. The van der Waals surface area contributed by atoms with E-state index in [0.29, 0.717) is 5.89 Å². The predicted molar refractivity (Wildman–Crippen MR) is 80.2 cm³/mol. The topological polar surface area (TPSA) is 46.3 Å². The molecule has 0 atom stereocenters. The molecule has 0 radical (unpaired) electrons. The van der Waals surface area contributed by atoms with E-state index < -0.39 is 0 Å². The molecule has 0 bridgehead atoms. The Bertz CT molecular complexity index is 568. The van der Waals surface area contributed by atoms with E-state index in [2.05, 4.69) is 11.9 Å². The standard InChI is InChI=1S/C16H20N2O2/c1-3-5-12-18(4-2)16(19)11-10-15-17-13-8-6-7-9-14(13)20-15/h6-11H,3-5,12H2,1-2H3. The summed E-state index contributed by atoms with van der Waals surface area (Å²) < 4.78 is 5.54. The minimum absolute atomic E-state index is 0.00297. The maximum Gasteiger partial charge on any atom is 0.246 e. The van der Waals surface area contributed by atoms with Gasteiger partial charge in [0.05, 0.1) is 0 Å². The zero-order valence-electron chi connectivity index (χ0n) is 12.0. The SMILES string of the molecule is CCCCN(CC)C(=O)C=Cc1nc2ccccc2o1. The van der Waals surface area contributed by atoms with Crippen LogP contribution in [0.25, 0.3) is 17.2 Å². The van der Waals surface area contributed by atoms with Crippen LogP contribution in [0.15, 0.2) is 34.8 Å². The minimum atomic E-state index is 0.00297. The van der Waals surface area contributed by atoms with Crippen molar-refractivity contribution in [2.24, 2.45) is 0 Å². The average Bonchev–Trinajstić information content (AvgIpc) is 2.88. The van der Waals surface area contributed by atoms with Crippen molar-refractivity contribution in [3.63, 3.8) is 0 Å². The van der Waals surface area contributed by atoms with Crippen LogP contribution in [0, 0.1) is 0 Å². The molecule has 0 aliphatic rings. The van der Waals surface area contributed by atoms with Crippen LogP contribution >= 0.6 is 0 Å². The van der Waals surface area contributed by atoms with E-state index in [1.807, 2.05) is 36.1 Å². The number of hydrogen-bond donors (Lipinski definition) is 0. The van der Waals surface area contributed by atoms with Gasteiger partial charge in [-0.05, 0) is 25.5 Å². The molecule has 1 aromatic carbocycles. The Morgan fingerprint density at radius 2 is 2.15 bits per heavy atom. The molecule has 0 aliphatic heterocycles. The number of amides is 1. The summed E-state index contributed by atoms with van der Waals surface area (Å²) in [7, 11) is 0. The van der Waals surface area contributed by atoms with Gasteiger partial charge in [-0.3, -0.25) is 4.79 Å². The molecule has 2 aromatic rings. The highest BCUT2D eigenvalue weighted by Crippen LogP contribution is 2.15. The number of likely N-dealkylation sites (N-methyl/N-ethyl adjacent to an activating group) is 1. The fourth-order valence-electron chi connectivity index (χ4n) is 1.98. The molecule has 20 heavy (non-hydrogen) atoms. The number of aromatic nitrogens is 1. The molecular formula is C16H20N2O2. The Morgan fingerprint density at radius 1 is 1.35 bits per heavy atom. The lowest BCUT2D eigenvalue weighted by molar-refractivity contribution is -0.125. The largest absolute Gasteiger partial charge is 0.437 e. The van der Waals surface area contributed by atoms with Crippen molar-refractivity contribution in [1.82, 2.24) is 9.88 Å². The van der Waals surface area contributed by atoms with Crippen LogP contribution in [0.4, 0.5) is 0 Å². The quantitative estimate of drug-likeness (QED) is 0.756. The number of hydrogen-bond acceptors (Lipinski definition) is 3. The lowest BCUT2D eigenvalue weighted by atomic mass is 10.3. The van der Waals surface area contributed by atoms with Gasteiger partial charge < -0.3 is 9.32 Å². The second-order valence-electron chi connectivity index (χ2n) is 4.62. The number of carbonyl (C=O) groups is 1. The summed E-state index contributed by atoms with van der Waals surface area (Å²) in [6.45, 7) is 5.62. The molecular weight excluding hydrogens is 252 g/mol. The lowest BCUT2D eigenvalue weighted by Crippen LogP contribution is -2.30. The van der Waals surface area contributed by atoms with Gasteiger partial charge in [-0.15, -0.1) is 0 Å². The van der Waals surface area contributed by atoms with Crippen LogP contribution in [0.3, 0.4) is 0 Å². The number of carbonyl (C=O) groups excluding carboxylic acids is 1. The van der Waals surface area contributed by atoms with Crippen LogP contribution in [0.1, 0.15) is 32.6 Å². The number of oxazole rings is 1. The Morgan fingerprint density at radius 3 is 2.85 bits per heavy atom. The normalized spacial score (nSPS) is 11.3. The van der Waals surface area contributed by atoms with Gasteiger partial charge in [0.1, 0.15) is 5.52 Å². The van der Waals surface area contributed by atoms with E-state index in [-0.39, 0.29) is 5.91 Å². The summed E-state index contributed by atoms with van der Waals surface area (Å²) in [5.74, 6) is 0.467. The summed E-state index contributed by atoms with van der Waals surface area (Å²) in [6.07, 6.45) is 5.27.